The maximum Gasteiger partial charge on any atom is 0.187 e. The van der Waals surface area contributed by atoms with Crippen molar-refractivity contribution in [2.45, 2.75) is 70.8 Å². The number of nitrogens with one attached hydrogen (secondary N) is 2. The smallest absolute Gasteiger partial charge is 0.187 e. The van der Waals surface area contributed by atoms with Crippen molar-refractivity contribution >= 4 is 28.7 Å². The van der Waals surface area contributed by atoms with Gasteiger partial charge in [-0.3, -0.25) is 5.43 Å². The Morgan fingerprint density at radius 2 is 1.58 bits per heavy atom. The van der Waals surface area contributed by atoms with Gasteiger partial charge in [0.2, 0.25) is 0 Å². The van der Waals surface area contributed by atoms with Crippen molar-refractivity contribution in [1.82, 2.24) is 10.7 Å². The minimum Gasteiger partial charge on any atom is -0.372 e. The van der Waals surface area contributed by atoms with Crippen LogP contribution in [0.4, 0.5) is 5.69 Å². The van der Waals surface area contributed by atoms with E-state index in [1.807, 2.05) is 6.92 Å². The van der Waals surface area contributed by atoms with Gasteiger partial charge in [0.1, 0.15) is 0 Å². The van der Waals surface area contributed by atoms with E-state index in [1.54, 1.807) is 0 Å². The minimum atomic E-state index is 0.507. The molecule has 4 nitrogen and oxygen atoms in total. The molecule has 2 fully saturated rings. The Morgan fingerprint density at radius 1 is 0.962 bits per heavy atom. The van der Waals surface area contributed by atoms with Crippen LogP contribution in [0, 0.1) is 0 Å². The Hall–Kier alpha value is -1.62. The summed E-state index contributed by atoms with van der Waals surface area (Å²) in [4.78, 5) is 2.50. The highest BCUT2D eigenvalue weighted by atomic mass is 32.1. The fourth-order valence-electron chi connectivity index (χ4n) is 3.91. The lowest BCUT2D eigenvalue weighted by molar-refractivity contribution is 0.412. The molecule has 0 unspecified atom stereocenters. The Labute approximate surface area is 163 Å². The van der Waals surface area contributed by atoms with Gasteiger partial charge in [-0.1, -0.05) is 44.2 Å². The second kappa shape index (κ2) is 9.91. The first-order chi connectivity index (χ1) is 12.7. The summed E-state index contributed by atoms with van der Waals surface area (Å²) in [6.07, 6.45) is 11.7. The quantitative estimate of drug-likeness (QED) is 0.461. The standard InChI is InChI=1S/C21H32N4S/c1-17(23-24-21(26)22-19-9-5-4-6-10-19)18-11-13-20(14-12-18)25-15-7-2-3-8-16-25/h11-14,19H,2-10,15-16H2,1H3,(H2,22,24,26)/b23-17-. The Bertz CT molecular complexity index is 597. The zero-order valence-corrected chi connectivity index (χ0v) is 16.8. The lowest BCUT2D eigenvalue weighted by atomic mass is 9.96. The predicted molar refractivity (Wildman–Crippen MR) is 115 cm³/mol. The zero-order valence-electron chi connectivity index (χ0n) is 16.0. The summed E-state index contributed by atoms with van der Waals surface area (Å²) in [5, 5.41) is 8.49. The first-order valence-corrected chi connectivity index (χ1v) is 10.6. The summed E-state index contributed by atoms with van der Waals surface area (Å²) in [7, 11) is 0. The lowest BCUT2D eigenvalue weighted by Crippen LogP contribution is -2.41. The molecular weight excluding hydrogens is 340 g/mol. The Kier molecular flexibility index (Phi) is 7.30. The SMILES string of the molecule is C/C(=N/NC(=S)NC1CCCCC1)c1ccc(N2CCCCCC2)cc1. The summed E-state index contributed by atoms with van der Waals surface area (Å²) in [6.45, 7) is 4.38. The summed E-state index contributed by atoms with van der Waals surface area (Å²) in [5.74, 6) is 0. The largest absolute Gasteiger partial charge is 0.372 e. The highest BCUT2D eigenvalue weighted by Gasteiger charge is 2.14. The Morgan fingerprint density at radius 3 is 2.23 bits per heavy atom. The lowest BCUT2D eigenvalue weighted by Gasteiger charge is -2.23. The van der Waals surface area contributed by atoms with Gasteiger partial charge in [0.05, 0.1) is 5.71 Å². The molecule has 0 aromatic heterocycles. The van der Waals surface area contributed by atoms with Gasteiger partial charge < -0.3 is 10.2 Å². The van der Waals surface area contributed by atoms with Gasteiger partial charge in [-0.2, -0.15) is 5.10 Å². The van der Waals surface area contributed by atoms with Crippen LogP contribution in [0.2, 0.25) is 0 Å². The van der Waals surface area contributed by atoms with Crippen LogP contribution in [0.3, 0.4) is 0 Å². The average Bonchev–Trinajstić information content (AvgIpc) is 2.96. The first-order valence-electron chi connectivity index (χ1n) is 10.2. The van der Waals surface area contributed by atoms with Crippen molar-refractivity contribution in [3.8, 4) is 0 Å². The van der Waals surface area contributed by atoms with E-state index < -0.39 is 0 Å². The molecule has 1 aliphatic heterocycles. The summed E-state index contributed by atoms with van der Waals surface area (Å²) < 4.78 is 0. The van der Waals surface area contributed by atoms with Gasteiger partial charge >= 0.3 is 0 Å². The second-order valence-corrected chi connectivity index (χ2v) is 7.97. The molecule has 1 heterocycles. The minimum absolute atomic E-state index is 0.507. The van der Waals surface area contributed by atoms with Crippen molar-refractivity contribution < 1.29 is 0 Å². The predicted octanol–water partition coefficient (Wildman–Crippen LogP) is 4.59. The molecular formula is C21H32N4S. The summed E-state index contributed by atoms with van der Waals surface area (Å²) >= 11 is 5.39. The fraction of sp³-hybridized carbons (Fsp3) is 0.619. The molecule has 1 aromatic carbocycles. The number of hydrogen-bond acceptors (Lipinski definition) is 3. The van der Waals surface area contributed by atoms with E-state index in [1.165, 1.54) is 76.6 Å². The number of benzene rings is 1. The highest BCUT2D eigenvalue weighted by molar-refractivity contribution is 7.80. The normalized spacial score (nSPS) is 19.7. The number of hydrogen-bond donors (Lipinski definition) is 2. The van der Waals surface area contributed by atoms with Gasteiger partial charge in [-0.05, 0) is 62.5 Å². The van der Waals surface area contributed by atoms with Crippen LogP contribution in [0.15, 0.2) is 29.4 Å². The molecule has 0 radical (unpaired) electrons. The molecule has 0 atom stereocenters. The average molecular weight is 373 g/mol. The second-order valence-electron chi connectivity index (χ2n) is 7.57. The summed E-state index contributed by atoms with van der Waals surface area (Å²) in [5.41, 5.74) is 6.43. The third kappa shape index (κ3) is 5.70. The van der Waals surface area contributed by atoms with Gasteiger partial charge in [-0.25, -0.2) is 0 Å². The molecule has 0 bridgehead atoms. The van der Waals surface area contributed by atoms with Gasteiger partial charge in [0.15, 0.2) is 5.11 Å². The molecule has 2 aliphatic rings. The van der Waals surface area contributed by atoms with Crippen LogP contribution in [0.1, 0.15) is 70.3 Å². The van der Waals surface area contributed by atoms with Crippen LogP contribution in [-0.4, -0.2) is 30.0 Å². The van der Waals surface area contributed by atoms with E-state index in [9.17, 15) is 0 Å². The van der Waals surface area contributed by atoms with Crippen molar-refractivity contribution in [2.24, 2.45) is 5.10 Å². The first kappa shape index (κ1) is 19.2. The number of thiocarbonyl (C=S) groups is 1. The topological polar surface area (TPSA) is 39.7 Å². The van der Waals surface area contributed by atoms with Crippen LogP contribution < -0.4 is 15.6 Å². The van der Waals surface area contributed by atoms with Gasteiger partial charge in [-0.15, -0.1) is 0 Å². The molecule has 26 heavy (non-hydrogen) atoms. The molecule has 0 spiro atoms. The van der Waals surface area contributed by atoms with E-state index >= 15 is 0 Å². The van der Waals surface area contributed by atoms with E-state index in [-0.39, 0.29) is 0 Å². The maximum absolute atomic E-state index is 5.39. The molecule has 1 saturated carbocycles. The number of rotatable bonds is 4. The molecule has 3 rings (SSSR count). The van der Waals surface area contributed by atoms with E-state index in [4.69, 9.17) is 12.2 Å². The van der Waals surface area contributed by atoms with Crippen LogP contribution in [0.25, 0.3) is 0 Å². The molecule has 2 N–H and O–H groups in total. The van der Waals surface area contributed by atoms with E-state index in [2.05, 4.69) is 45.0 Å². The van der Waals surface area contributed by atoms with Crippen molar-refractivity contribution in [1.29, 1.82) is 0 Å². The molecule has 1 aromatic rings. The maximum atomic E-state index is 5.39. The monoisotopic (exact) mass is 372 g/mol. The zero-order chi connectivity index (χ0) is 18.2. The molecule has 142 valence electrons. The van der Waals surface area contributed by atoms with Crippen LogP contribution in [0.5, 0.6) is 0 Å². The van der Waals surface area contributed by atoms with Crippen molar-refractivity contribution in [3.05, 3.63) is 29.8 Å². The highest BCUT2D eigenvalue weighted by Crippen LogP contribution is 2.20. The van der Waals surface area contributed by atoms with Crippen molar-refractivity contribution in [3.63, 3.8) is 0 Å². The van der Waals surface area contributed by atoms with Gasteiger partial charge in [0, 0.05) is 24.8 Å². The van der Waals surface area contributed by atoms with Crippen LogP contribution in [-0.2, 0) is 0 Å². The third-order valence-corrected chi connectivity index (χ3v) is 5.73. The summed E-state index contributed by atoms with van der Waals surface area (Å²) in [6, 6.07) is 9.28. The van der Waals surface area contributed by atoms with E-state index in [0.29, 0.717) is 11.2 Å². The number of anilines is 1. The van der Waals surface area contributed by atoms with Crippen LogP contribution >= 0.6 is 12.2 Å². The molecule has 0 amide bonds. The van der Waals surface area contributed by atoms with Crippen molar-refractivity contribution in [2.75, 3.05) is 18.0 Å². The molecule has 1 aliphatic carbocycles. The number of hydrazone groups is 1. The molecule has 5 heteroatoms. The Balaban J connectivity index is 1.52. The van der Waals surface area contributed by atoms with E-state index in [0.717, 1.165) is 11.3 Å². The molecule has 1 saturated heterocycles. The number of nitrogens with zero attached hydrogens (tertiary/aromatic N) is 2. The third-order valence-electron chi connectivity index (χ3n) is 5.52. The van der Waals surface area contributed by atoms with Gasteiger partial charge in [0.25, 0.3) is 0 Å². The fourth-order valence-corrected chi connectivity index (χ4v) is 4.12.